The zero-order valence-corrected chi connectivity index (χ0v) is 12.4. The zero-order valence-electron chi connectivity index (χ0n) is 12.4. The first-order valence-corrected chi connectivity index (χ1v) is 7.35. The second-order valence-corrected chi connectivity index (χ2v) is 6.33. The normalized spacial score (nSPS) is 24.2. The van der Waals surface area contributed by atoms with E-state index in [9.17, 15) is 5.11 Å². The first kappa shape index (κ1) is 13.4. The molecule has 0 bridgehead atoms. The smallest absolute Gasteiger partial charge is 0.0905 e. The number of rotatable bonds is 3. The summed E-state index contributed by atoms with van der Waals surface area (Å²) in [5, 5.41) is 11.1. The van der Waals surface area contributed by atoms with E-state index in [4.69, 9.17) is 0 Å². The van der Waals surface area contributed by atoms with Crippen molar-refractivity contribution in [3.63, 3.8) is 0 Å². The Morgan fingerprint density at radius 3 is 2.45 bits per heavy atom. The largest absolute Gasteiger partial charge is 0.385 e. The summed E-state index contributed by atoms with van der Waals surface area (Å²) in [7, 11) is 0. The number of hydrogen-bond donors (Lipinski definition) is 1. The third-order valence-corrected chi connectivity index (χ3v) is 4.68. The SMILES string of the molecule is Cc1ccc(C)c(C(C)(O)C2CC2c2ccccc2)c1. The van der Waals surface area contributed by atoms with Crippen molar-refractivity contribution < 1.29 is 5.11 Å². The molecule has 1 aliphatic carbocycles. The van der Waals surface area contributed by atoms with Gasteiger partial charge in [0.05, 0.1) is 5.60 Å². The molecule has 3 unspecified atom stereocenters. The van der Waals surface area contributed by atoms with Gasteiger partial charge in [0.25, 0.3) is 0 Å². The van der Waals surface area contributed by atoms with Gasteiger partial charge in [-0.1, -0.05) is 54.1 Å². The van der Waals surface area contributed by atoms with Gasteiger partial charge >= 0.3 is 0 Å². The summed E-state index contributed by atoms with van der Waals surface area (Å²) in [5.41, 5.74) is 4.09. The van der Waals surface area contributed by atoms with Crippen LogP contribution in [0.1, 0.15) is 41.5 Å². The summed E-state index contributed by atoms with van der Waals surface area (Å²) >= 11 is 0. The summed E-state index contributed by atoms with van der Waals surface area (Å²) in [6.07, 6.45) is 1.07. The van der Waals surface area contributed by atoms with Crippen molar-refractivity contribution in [1.82, 2.24) is 0 Å². The molecule has 104 valence electrons. The monoisotopic (exact) mass is 266 g/mol. The van der Waals surface area contributed by atoms with E-state index in [2.05, 4.69) is 56.3 Å². The third kappa shape index (κ3) is 2.27. The van der Waals surface area contributed by atoms with Crippen LogP contribution in [0.15, 0.2) is 48.5 Å². The Labute approximate surface area is 121 Å². The van der Waals surface area contributed by atoms with E-state index in [0.29, 0.717) is 11.8 Å². The van der Waals surface area contributed by atoms with Gasteiger partial charge in [0.2, 0.25) is 0 Å². The van der Waals surface area contributed by atoms with Crippen LogP contribution in [0, 0.1) is 19.8 Å². The summed E-state index contributed by atoms with van der Waals surface area (Å²) in [6, 6.07) is 16.9. The van der Waals surface area contributed by atoms with Crippen LogP contribution in [-0.4, -0.2) is 5.11 Å². The molecule has 2 aromatic carbocycles. The molecule has 0 saturated heterocycles. The Bertz CT molecular complexity index is 613. The fourth-order valence-electron chi connectivity index (χ4n) is 3.37. The lowest BCUT2D eigenvalue weighted by Crippen LogP contribution is -2.26. The Morgan fingerprint density at radius 1 is 1.05 bits per heavy atom. The van der Waals surface area contributed by atoms with E-state index < -0.39 is 5.60 Å². The Balaban J connectivity index is 1.89. The van der Waals surface area contributed by atoms with E-state index in [0.717, 1.165) is 12.0 Å². The van der Waals surface area contributed by atoms with E-state index >= 15 is 0 Å². The van der Waals surface area contributed by atoms with Gasteiger partial charge in [0.15, 0.2) is 0 Å². The van der Waals surface area contributed by atoms with Gasteiger partial charge in [-0.3, -0.25) is 0 Å². The average Bonchev–Trinajstić information content (AvgIpc) is 3.23. The minimum atomic E-state index is -0.739. The first-order valence-electron chi connectivity index (χ1n) is 7.35. The second-order valence-electron chi connectivity index (χ2n) is 6.33. The Hall–Kier alpha value is -1.60. The summed E-state index contributed by atoms with van der Waals surface area (Å²) in [5.74, 6) is 0.816. The quantitative estimate of drug-likeness (QED) is 0.877. The molecule has 1 N–H and O–H groups in total. The highest BCUT2D eigenvalue weighted by Crippen LogP contribution is 2.57. The third-order valence-electron chi connectivity index (χ3n) is 4.68. The highest BCUT2D eigenvalue weighted by Gasteiger charge is 2.51. The van der Waals surface area contributed by atoms with Gasteiger partial charge in [-0.15, -0.1) is 0 Å². The molecule has 0 aliphatic heterocycles. The van der Waals surface area contributed by atoms with Crippen LogP contribution in [-0.2, 0) is 5.60 Å². The van der Waals surface area contributed by atoms with Gasteiger partial charge in [0, 0.05) is 0 Å². The standard InChI is InChI=1S/C19H22O/c1-13-9-10-14(2)17(11-13)19(3,20)18-12-16(18)15-7-5-4-6-8-15/h4-11,16,18,20H,12H2,1-3H3. The van der Waals surface area contributed by atoms with Gasteiger partial charge in [-0.2, -0.15) is 0 Å². The molecule has 3 rings (SSSR count). The molecule has 0 heterocycles. The zero-order chi connectivity index (χ0) is 14.3. The molecule has 0 radical (unpaired) electrons. The van der Waals surface area contributed by atoms with Crippen molar-refractivity contribution in [3.05, 3.63) is 70.8 Å². The lowest BCUT2D eigenvalue weighted by Gasteiger charge is -2.27. The molecule has 1 heteroatoms. The topological polar surface area (TPSA) is 20.2 Å². The van der Waals surface area contributed by atoms with Crippen LogP contribution in [0.4, 0.5) is 0 Å². The highest BCUT2D eigenvalue weighted by molar-refractivity contribution is 5.38. The van der Waals surface area contributed by atoms with E-state index in [1.807, 2.05) is 13.0 Å². The van der Waals surface area contributed by atoms with Crippen LogP contribution < -0.4 is 0 Å². The van der Waals surface area contributed by atoms with Crippen molar-refractivity contribution in [2.24, 2.45) is 5.92 Å². The van der Waals surface area contributed by atoms with Crippen molar-refractivity contribution in [2.75, 3.05) is 0 Å². The molecular formula is C19H22O. The molecule has 2 aromatic rings. The summed E-state index contributed by atoms with van der Waals surface area (Å²) in [6.45, 7) is 6.14. The molecule has 1 aliphatic rings. The fourth-order valence-corrected chi connectivity index (χ4v) is 3.37. The minimum Gasteiger partial charge on any atom is -0.385 e. The highest BCUT2D eigenvalue weighted by atomic mass is 16.3. The molecule has 1 nitrogen and oxygen atoms in total. The molecule has 20 heavy (non-hydrogen) atoms. The summed E-state index contributed by atoms with van der Waals surface area (Å²) in [4.78, 5) is 0. The molecule has 1 fully saturated rings. The van der Waals surface area contributed by atoms with Crippen molar-refractivity contribution in [2.45, 2.75) is 38.7 Å². The second kappa shape index (κ2) is 4.75. The van der Waals surface area contributed by atoms with Gasteiger partial charge in [-0.25, -0.2) is 0 Å². The van der Waals surface area contributed by atoms with E-state index in [1.165, 1.54) is 16.7 Å². The van der Waals surface area contributed by atoms with E-state index in [-0.39, 0.29) is 0 Å². The molecular weight excluding hydrogens is 244 g/mol. The maximum Gasteiger partial charge on any atom is 0.0905 e. The van der Waals surface area contributed by atoms with Gasteiger partial charge in [0.1, 0.15) is 0 Å². The average molecular weight is 266 g/mol. The summed E-state index contributed by atoms with van der Waals surface area (Å²) < 4.78 is 0. The Kier molecular flexibility index (Phi) is 3.18. The maximum absolute atomic E-state index is 11.1. The number of aliphatic hydroxyl groups is 1. The van der Waals surface area contributed by atoms with Crippen molar-refractivity contribution in [1.29, 1.82) is 0 Å². The van der Waals surface area contributed by atoms with Crippen LogP contribution in [0.25, 0.3) is 0 Å². The van der Waals surface area contributed by atoms with Crippen molar-refractivity contribution in [3.8, 4) is 0 Å². The van der Waals surface area contributed by atoms with Crippen LogP contribution >= 0.6 is 0 Å². The molecule has 0 aromatic heterocycles. The number of hydrogen-bond acceptors (Lipinski definition) is 1. The van der Waals surface area contributed by atoms with Gasteiger partial charge in [-0.05, 0) is 55.7 Å². The van der Waals surface area contributed by atoms with Crippen LogP contribution in [0.2, 0.25) is 0 Å². The number of aryl methyl sites for hydroxylation is 2. The van der Waals surface area contributed by atoms with E-state index in [1.54, 1.807) is 0 Å². The Morgan fingerprint density at radius 2 is 1.75 bits per heavy atom. The minimum absolute atomic E-state index is 0.324. The molecule has 0 spiro atoms. The molecule has 3 atom stereocenters. The van der Waals surface area contributed by atoms with Crippen molar-refractivity contribution >= 4 is 0 Å². The molecule has 0 amide bonds. The molecule has 1 saturated carbocycles. The predicted molar refractivity (Wildman–Crippen MR) is 82.8 cm³/mol. The number of benzene rings is 2. The first-order chi connectivity index (χ1) is 9.50. The fraction of sp³-hybridized carbons (Fsp3) is 0.368. The predicted octanol–water partition coefficient (Wildman–Crippen LogP) is 4.31. The maximum atomic E-state index is 11.1. The lowest BCUT2D eigenvalue weighted by molar-refractivity contribution is 0.0302. The van der Waals surface area contributed by atoms with Gasteiger partial charge < -0.3 is 5.11 Å². The lowest BCUT2D eigenvalue weighted by atomic mass is 9.85. The van der Waals surface area contributed by atoms with Crippen LogP contribution in [0.3, 0.4) is 0 Å². The van der Waals surface area contributed by atoms with Crippen LogP contribution in [0.5, 0.6) is 0 Å².